The molecule has 1 atom stereocenters. The Balaban J connectivity index is 2.03. The number of rotatable bonds is 9. The highest BCUT2D eigenvalue weighted by molar-refractivity contribution is 6.30. The van der Waals surface area contributed by atoms with Crippen molar-refractivity contribution in [1.82, 2.24) is 0 Å². The van der Waals surface area contributed by atoms with E-state index in [1.807, 2.05) is 0 Å². The summed E-state index contributed by atoms with van der Waals surface area (Å²) >= 11 is 5.87. The number of methoxy groups -OCH3 is 2. The van der Waals surface area contributed by atoms with Crippen LogP contribution in [0, 0.1) is 10.1 Å². The highest BCUT2D eigenvalue weighted by Crippen LogP contribution is 2.29. The SMILES string of the molecule is COc1ccc(C(=O)C(N=Nc2ccc(Cl)cc2)C(=O)c2cccc([N+](=O)[O-])c2)cc1OC. The summed E-state index contributed by atoms with van der Waals surface area (Å²) in [7, 11) is 2.87. The largest absolute Gasteiger partial charge is 0.493 e. The molecule has 168 valence electrons. The zero-order valence-electron chi connectivity index (χ0n) is 17.6. The molecule has 0 N–H and O–H groups in total. The van der Waals surface area contributed by atoms with Gasteiger partial charge in [-0.1, -0.05) is 23.7 Å². The highest BCUT2D eigenvalue weighted by Gasteiger charge is 2.30. The van der Waals surface area contributed by atoms with Crippen LogP contribution in [-0.2, 0) is 0 Å². The number of nitrogens with zero attached hydrogens (tertiary/aromatic N) is 3. The van der Waals surface area contributed by atoms with Gasteiger partial charge in [-0.25, -0.2) is 0 Å². The van der Waals surface area contributed by atoms with Crippen LogP contribution < -0.4 is 9.47 Å². The van der Waals surface area contributed by atoms with Crippen molar-refractivity contribution in [2.45, 2.75) is 6.04 Å². The third kappa shape index (κ3) is 5.58. The lowest BCUT2D eigenvalue weighted by atomic mass is 9.96. The monoisotopic (exact) mass is 467 g/mol. The first-order chi connectivity index (χ1) is 15.8. The Morgan fingerprint density at radius 3 is 2.15 bits per heavy atom. The predicted octanol–water partition coefficient (Wildman–Crippen LogP) is 5.48. The number of hydrogen-bond donors (Lipinski definition) is 0. The van der Waals surface area contributed by atoms with E-state index in [0.717, 1.165) is 6.07 Å². The second-order valence-electron chi connectivity index (χ2n) is 6.70. The van der Waals surface area contributed by atoms with Crippen molar-refractivity contribution >= 4 is 34.5 Å². The van der Waals surface area contributed by atoms with Gasteiger partial charge in [0.05, 0.1) is 24.8 Å². The second-order valence-corrected chi connectivity index (χ2v) is 7.14. The minimum atomic E-state index is -1.58. The van der Waals surface area contributed by atoms with E-state index in [9.17, 15) is 19.7 Å². The summed E-state index contributed by atoms with van der Waals surface area (Å²) in [6, 6.07) is 14.2. The summed E-state index contributed by atoms with van der Waals surface area (Å²) in [5.74, 6) is -0.709. The van der Waals surface area contributed by atoms with Gasteiger partial charge >= 0.3 is 0 Å². The molecule has 0 radical (unpaired) electrons. The van der Waals surface area contributed by atoms with E-state index in [2.05, 4.69) is 10.2 Å². The van der Waals surface area contributed by atoms with Crippen LogP contribution in [0.2, 0.25) is 5.02 Å². The number of ketones is 2. The van der Waals surface area contributed by atoms with E-state index in [-0.39, 0.29) is 16.8 Å². The molecule has 3 rings (SSSR count). The maximum Gasteiger partial charge on any atom is 0.270 e. The second kappa shape index (κ2) is 10.5. The average Bonchev–Trinajstić information content (AvgIpc) is 2.84. The topological polar surface area (TPSA) is 120 Å². The van der Waals surface area contributed by atoms with Gasteiger partial charge in [-0.3, -0.25) is 19.7 Å². The van der Waals surface area contributed by atoms with Crippen LogP contribution in [0.25, 0.3) is 0 Å². The summed E-state index contributed by atoms with van der Waals surface area (Å²) in [4.78, 5) is 37.0. The van der Waals surface area contributed by atoms with Gasteiger partial charge in [0.25, 0.3) is 5.69 Å². The lowest BCUT2D eigenvalue weighted by Crippen LogP contribution is -2.28. The van der Waals surface area contributed by atoms with Crippen LogP contribution in [0.15, 0.2) is 77.0 Å². The van der Waals surface area contributed by atoms with E-state index in [1.165, 1.54) is 50.6 Å². The van der Waals surface area contributed by atoms with Gasteiger partial charge < -0.3 is 9.47 Å². The Morgan fingerprint density at radius 1 is 0.909 bits per heavy atom. The molecule has 0 aliphatic heterocycles. The van der Waals surface area contributed by atoms with E-state index in [4.69, 9.17) is 21.1 Å². The Bertz CT molecular complexity index is 1230. The van der Waals surface area contributed by atoms with Crippen molar-refractivity contribution in [2.75, 3.05) is 14.2 Å². The maximum atomic E-state index is 13.3. The number of non-ortho nitro benzene ring substituents is 1. The molecule has 0 aromatic heterocycles. The Kier molecular flexibility index (Phi) is 7.47. The van der Waals surface area contributed by atoms with Crippen LogP contribution in [0.1, 0.15) is 20.7 Å². The highest BCUT2D eigenvalue weighted by atomic mass is 35.5. The molecule has 0 bridgehead atoms. The molecular weight excluding hydrogens is 450 g/mol. The molecule has 3 aromatic rings. The van der Waals surface area contributed by atoms with Gasteiger partial charge in [-0.2, -0.15) is 10.2 Å². The summed E-state index contributed by atoms with van der Waals surface area (Å²) in [5, 5.41) is 19.6. The summed E-state index contributed by atoms with van der Waals surface area (Å²) in [6.45, 7) is 0. The van der Waals surface area contributed by atoms with E-state index >= 15 is 0 Å². The molecule has 0 saturated heterocycles. The first kappa shape index (κ1) is 23.6. The predicted molar refractivity (Wildman–Crippen MR) is 121 cm³/mol. The number of nitro benzene ring substituents is 1. The number of halogens is 1. The third-order valence-electron chi connectivity index (χ3n) is 4.62. The number of nitro groups is 1. The molecule has 0 amide bonds. The Hall–Kier alpha value is -4.11. The zero-order chi connectivity index (χ0) is 24.0. The van der Waals surface area contributed by atoms with Crippen molar-refractivity contribution in [3.63, 3.8) is 0 Å². The van der Waals surface area contributed by atoms with E-state index in [1.54, 1.807) is 24.3 Å². The molecule has 3 aromatic carbocycles. The van der Waals surface area contributed by atoms with Gasteiger partial charge in [0.2, 0.25) is 0 Å². The molecule has 0 aliphatic carbocycles. The van der Waals surface area contributed by atoms with Gasteiger partial charge in [-0.15, -0.1) is 0 Å². The third-order valence-corrected chi connectivity index (χ3v) is 4.87. The van der Waals surface area contributed by atoms with Crippen molar-refractivity contribution in [2.24, 2.45) is 10.2 Å². The molecule has 33 heavy (non-hydrogen) atoms. The number of carbonyl (C=O) groups is 2. The molecule has 0 heterocycles. The minimum Gasteiger partial charge on any atom is -0.493 e. The lowest BCUT2D eigenvalue weighted by molar-refractivity contribution is -0.384. The normalized spacial score (nSPS) is 11.7. The molecule has 0 spiro atoms. The summed E-state index contributed by atoms with van der Waals surface area (Å²) < 4.78 is 10.4. The molecule has 9 nitrogen and oxygen atoms in total. The van der Waals surface area contributed by atoms with Gasteiger partial charge in [-0.05, 0) is 42.5 Å². The first-order valence-corrected chi connectivity index (χ1v) is 9.93. The Morgan fingerprint density at radius 2 is 1.55 bits per heavy atom. The first-order valence-electron chi connectivity index (χ1n) is 9.55. The number of Topliss-reactive ketones (excluding diaryl/α,β-unsaturated/α-hetero) is 2. The molecule has 1 unspecified atom stereocenters. The van der Waals surface area contributed by atoms with E-state index < -0.39 is 22.5 Å². The van der Waals surface area contributed by atoms with Gasteiger partial charge in [0.1, 0.15) is 0 Å². The minimum absolute atomic E-state index is 0.0434. The maximum absolute atomic E-state index is 13.3. The molecule has 0 fully saturated rings. The number of benzene rings is 3. The van der Waals surface area contributed by atoms with Crippen LogP contribution in [0.4, 0.5) is 11.4 Å². The fourth-order valence-electron chi connectivity index (χ4n) is 2.93. The molecule has 10 heteroatoms. The quantitative estimate of drug-likeness (QED) is 0.135. The van der Waals surface area contributed by atoms with Crippen LogP contribution in [0.3, 0.4) is 0 Å². The van der Waals surface area contributed by atoms with Crippen LogP contribution in [0.5, 0.6) is 11.5 Å². The van der Waals surface area contributed by atoms with Gasteiger partial charge in [0.15, 0.2) is 29.1 Å². The van der Waals surface area contributed by atoms with Gasteiger partial charge in [0, 0.05) is 28.3 Å². The van der Waals surface area contributed by atoms with Crippen molar-refractivity contribution in [3.05, 3.63) is 93.0 Å². The number of ether oxygens (including phenoxy) is 2. The molecular formula is C23H18ClN3O6. The Labute approximate surface area is 193 Å². The summed E-state index contributed by atoms with van der Waals surface area (Å²) in [6.07, 6.45) is 0. The standard InChI is InChI=1S/C23H18ClN3O6/c1-32-19-11-6-15(13-20(19)33-2)23(29)21(26-25-17-9-7-16(24)8-10-17)22(28)14-4-3-5-18(12-14)27(30)31/h3-13,21H,1-2H3. The van der Waals surface area contributed by atoms with Crippen molar-refractivity contribution < 1.29 is 24.0 Å². The summed E-state index contributed by atoms with van der Waals surface area (Å²) in [5.41, 5.74) is 0.175. The number of azo groups is 1. The van der Waals surface area contributed by atoms with Crippen LogP contribution in [-0.4, -0.2) is 36.8 Å². The van der Waals surface area contributed by atoms with Crippen molar-refractivity contribution in [1.29, 1.82) is 0 Å². The smallest absolute Gasteiger partial charge is 0.270 e. The zero-order valence-corrected chi connectivity index (χ0v) is 18.4. The number of hydrogen-bond acceptors (Lipinski definition) is 8. The van der Waals surface area contributed by atoms with E-state index in [0.29, 0.717) is 22.2 Å². The molecule has 0 aliphatic rings. The van der Waals surface area contributed by atoms with Crippen LogP contribution >= 0.6 is 11.6 Å². The molecule has 0 saturated carbocycles. The lowest BCUT2D eigenvalue weighted by Gasteiger charge is -2.12. The van der Waals surface area contributed by atoms with Crippen molar-refractivity contribution in [3.8, 4) is 11.5 Å². The fraction of sp³-hybridized carbons (Fsp3) is 0.130. The fourth-order valence-corrected chi connectivity index (χ4v) is 3.06. The number of carbonyl (C=O) groups excluding carboxylic acids is 2. The average molecular weight is 468 g/mol.